The van der Waals surface area contributed by atoms with Crippen LogP contribution in [0.25, 0.3) is 0 Å². The van der Waals surface area contributed by atoms with Crippen molar-refractivity contribution in [1.82, 2.24) is 5.32 Å². The molecule has 1 aliphatic carbocycles. The van der Waals surface area contributed by atoms with Gasteiger partial charge in [0.05, 0.1) is 12.2 Å². The van der Waals surface area contributed by atoms with Crippen LogP contribution in [-0.4, -0.2) is 25.3 Å². The summed E-state index contributed by atoms with van der Waals surface area (Å²) in [5.41, 5.74) is 0.00231. The summed E-state index contributed by atoms with van der Waals surface area (Å²) in [5.74, 6) is 1.82. The van der Waals surface area contributed by atoms with Gasteiger partial charge < -0.3 is 10.1 Å². The van der Waals surface area contributed by atoms with E-state index in [0.717, 1.165) is 25.0 Å². The molecule has 1 aliphatic rings. The van der Waals surface area contributed by atoms with Gasteiger partial charge in [-0.1, -0.05) is 19.8 Å². The fraction of sp³-hybridized carbons (Fsp3) is 1.00. The van der Waals surface area contributed by atoms with E-state index in [1.54, 1.807) is 0 Å². The number of rotatable bonds is 5. The van der Waals surface area contributed by atoms with Gasteiger partial charge in [0, 0.05) is 6.54 Å². The molecule has 2 nitrogen and oxygen atoms in total. The summed E-state index contributed by atoms with van der Waals surface area (Å²) >= 11 is 0. The molecule has 0 saturated heterocycles. The van der Waals surface area contributed by atoms with Crippen molar-refractivity contribution in [3.05, 3.63) is 0 Å². The molecule has 0 aromatic rings. The van der Waals surface area contributed by atoms with Gasteiger partial charge in [-0.3, -0.25) is 0 Å². The quantitative estimate of drug-likeness (QED) is 0.709. The summed E-state index contributed by atoms with van der Waals surface area (Å²) in [6, 6.07) is 0. The molecular formula is C13H27NO. The van der Waals surface area contributed by atoms with E-state index in [1.165, 1.54) is 25.8 Å². The van der Waals surface area contributed by atoms with Crippen LogP contribution < -0.4 is 5.32 Å². The van der Waals surface area contributed by atoms with Gasteiger partial charge in [0.15, 0.2) is 0 Å². The third-order valence-electron chi connectivity index (χ3n) is 3.26. The summed E-state index contributed by atoms with van der Waals surface area (Å²) in [6.07, 6.45) is 4.26. The minimum absolute atomic E-state index is 0.00231. The molecule has 1 N–H and O–H groups in total. The van der Waals surface area contributed by atoms with Gasteiger partial charge >= 0.3 is 0 Å². The second-order valence-electron chi connectivity index (χ2n) is 5.83. The summed E-state index contributed by atoms with van der Waals surface area (Å²) in [6.45, 7) is 11.7. The molecule has 2 heteroatoms. The Kier molecular flexibility index (Phi) is 5.07. The van der Waals surface area contributed by atoms with Crippen LogP contribution in [0.5, 0.6) is 0 Å². The molecule has 0 aromatic carbocycles. The molecule has 1 fully saturated rings. The normalized spacial score (nSPS) is 27.2. The van der Waals surface area contributed by atoms with E-state index in [9.17, 15) is 0 Å². The molecule has 1 rings (SSSR count). The molecule has 15 heavy (non-hydrogen) atoms. The highest BCUT2D eigenvalue weighted by molar-refractivity contribution is 4.75. The van der Waals surface area contributed by atoms with Crippen molar-refractivity contribution in [2.24, 2.45) is 11.8 Å². The second-order valence-corrected chi connectivity index (χ2v) is 5.83. The SMILES string of the molecule is CC1CCCC1CNCCOC(C)(C)C. The Labute approximate surface area is 94.8 Å². The van der Waals surface area contributed by atoms with Crippen molar-refractivity contribution in [3.8, 4) is 0 Å². The van der Waals surface area contributed by atoms with Gasteiger partial charge in [0.25, 0.3) is 0 Å². The molecule has 0 amide bonds. The molecule has 0 bridgehead atoms. The molecule has 0 aliphatic heterocycles. The first-order valence-corrected chi connectivity index (χ1v) is 6.34. The van der Waals surface area contributed by atoms with Crippen molar-refractivity contribution >= 4 is 0 Å². The van der Waals surface area contributed by atoms with Crippen LogP contribution in [0.2, 0.25) is 0 Å². The first-order chi connectivity index (χ1) is 6.99. The smallest absolute Gasteiger partial charge is 0.0599 e. The first kappa shape index (κ1) is 13.0. The molecule has 0 aromatic heterocycles. The highest BCUT2D eigenvalue weighted by Crippen LogP contribution is 2.30. The van der Waals surface area contributed by atoms with Crippen molar-refractivity contribution in [2.75, 3.05) is 19.7 Å². The zero-order valence-corrected chi connectivity index (χ0v) is 10.8. The van der Waals surface area contributed by atoms with Crippen LogP contribution in [0, 0.1) is 11.8 Å². The van der Waals surface area contributed by atoms with E-state index in [4.69, 9.17) is 4.74 Å². The number of hydrogen-bond donors (Lipinski definition) is 1. The van der Waals surface area contributed by atoms with E-state index < -0.39 is 0 Å². The highest BCUT2D eigenvalue weighted by Gasteiger charge is 2.22. The van der Waals surface area contributed by atoms with Crippen LogP contribution in [-0.2, 0) is 4.74 Å². The molecule has 0 heterocycles. The summed E-state index contributed by atoms with van der Waals surface area (Å²) in [7, 11) is 0. The molecule has 0 radical (unpaired) electrons. The maximum absolute atomic E-state index is 5.66. The minimum Gasteiger partial charge on any atom is -0.375 e. The zero-order chi connectivity index (χ0) is 11.3. The minimum atomic E-state index is 0.00231. The molecule has 0 spiro atoms. The number of nitrogens with one attached hydrogen (secondary N) is 1. The van der Waals surface area contributed by atoms with Crippen LogP contribution in [0.15, 0.2) is 0 Å². The molecule has 90 valence electrons. The Balaban J connectivity index is 1.97. The molecular weight excluding hydrogens is 186 g/mol. The zero-order valence-electron chi connectivity index (χ0n) is 10.8. The van der Waals surface area contributed by atoms with Crippen LogP contribution in [0.3, 0.4) is 0 Å². The third kappa shape index (κ3) is 5.53. The topological polar surface area (TPSA) is 21.3 Å². The van der Waals surface area contributed by atoms with Gasteiger partial charge in [0.1, 0.15) is 0 Å². The van der Waals surface area contributed by atoms with Gasteiger partial charge in [-0.15, -0.1) is 0 Å². The summed E-state index contributed by atoms with van der Waals surface area (Å²) < 4.78 is 5.66. The second kappa shape index (κ2) is 5.86. The summed E-state index contributed by atoms with van der Waals surface area (Å²) in [4.78, 5) is 0. The van der Waals surface area contributed by atoms with Gasteiger partial charge in [-0.25, -0.2) is 0 Å². The van der Waals surface area contributed by atoms with Gasteiger partial charge in [0.2, 0.25) is 0 Å². The predicted octanol–water partition coefficient (Wildman–Crippen LogP) is 2.83. The summed E-state index contributed by atoms with van der Waals surface area (Å²) in [5, 5.41) is 3.51. The maximum Gasteiger partial charge on any atom is 0.0599 e. The Morgan fingerprint density at radius 2 is 2.00 bits per heavy atom. The predicted molar refractivity (Wildman–Crippen MR) is 65.1 cm³/mol. The number of hydrogen-bond acceptors (Lipinski definition) is 2. The van der Waals surface area contributed by atoms with Crippen molar-refractivity contribution < 1.29 is 4.74 Å². The Bertz CT molecular complexity index is 174. The van der Waals surface area contributed by atoms with Crippen LogP contribution >= 0.6 is 0 Å². The van der Waals surface area contributed by atoms with Crippen LogP contribution in [0.1, 0.15) is 47.0 Å². The lowest BCUT2D eigenvalue weighted by atomic mass is 9.98. The van der Waals surface area contributed by atoms with E-state index >= 15 is 0 Å². The lowest BCUT2D eigenvalue weighted by molar-refractivity contribution is -0.00109. The first-order valence-electron chi connectivity index (χ1n) is 6.34. The average Bonchev–Trinajstić information content (AvgIpc) is 2.49. The monoisotopic (exact) mass is 213 g/mol. The average molecular weight is 213 g/mol. The van der Waals surface area contributed by atoms with Crippen LogP contribution in [0.4, 0.5) is 0 Å². The van der Waals surface area contributed by atoms with E-state index in [1.807, 2.05) is 0 Å². The van der Waals surface area contributed by atoms with E-state index in [0.29, 0.717) is 0 Å². The third-order valence-corrected chi connectivity index (χ3v) is 3.26. The molecule has 1 saturated carbocycles. The lowest BCUT2D eigenvalue weighted by Gasteiger charge is -2.20. The van der Waals surface area contributed by atoms with Crippen molar-refractivity contribution in [3.63, 3.8) is 0 Å². The standard InChI is InChI=1S/C13H27NO/c1-11-6-5-7-12(11)10-14-8-9-15-13(2,3)4/h11-12,14H,5-10H2,1-4H3. The molecule has 2 unspecified atom stereocenters. The largest absolute Gasteiger partial charge is 0.375 e. The molecule has 2 atom stereocenters. The Morgan fingerprint density at radius 1 is 1.27 bits per heavy atom. The number of ether oxygens (including phenoxy) is 1. The van der Waals surface area contributed by atoms with Gasteiger partial charge in [-0.2, -0.15) is 0 Å². The van der Waals surface area contributed by atoms with Gasteiger partial charge in [-0.05, 0) is 45.6 Å². The van der Waals surface area contributed by atoms with E-state index in [2.05, 4.69) is 33.0 Å². The Hall–Kier alpha value is -0.0800. The van der Waals surface area contributed by atoms with Crippen molar-refractivity contribution in [2.45, 2.75) is 52.6 Å². The fourth-order valence-electron chi connectivity index (χ4n) is 2.24. The van der Waals surface area contributed by atoms with Crippen molar-refractivity contribution in [1.29, 1.82) is 0 Å². The Morgan fingerprint density at radius 3 is 2.53 bits per heavy atom. The fourth-order valence-corrected chi connectivity index (χ4v) is 2.24. The van der Waals surface area contributed by atoms with E-state index in [-0.39, 0.29) is 5.60 Å². The maximum atomic E-state index is 5.66. The lowest BCUT2D eigenvalue weighted by Crippen LogP contribution is -2.30. The highest BCUT2D eigenvalue weighted by atomic mass is 16.5.